The van der Waals surface area contributed by atoms with Crippen LogP contribution in [0, 0.1) is 5.41 Å². The second kappa shape index (κ2) is 22.0. The molecule has 1 aliphatic carbocycles. The molecule has 4 rings (SSSR count). The van der Waals surface area contributed by atoms with Crippen LogP contribution in [0.15, 0.2) is 66.7 Å². The van der Waals surface area contributed by atoms with E-state index in [0.29, 0.717) is 13.2 Å². The molecule has 0 saturated heterocycles. The summed E-state index contributed by atoms with van der Waals surface area (Å²) in [6, 6.07) is 23.6. The standard InChI is InChI=1S/C59H90O4/c1-17-55(11,60-15)39-41-62-57(13,19-3)34-21-36-59(37-22-35-58(14,20-4)63-42-40-56(12,18-2)61-16)51-43-46(24-23-45-25-29-48(30-26-45)54(8,9)10)27-31-49(51)50-32-28-47(44-52(50)59)33-38-53(5,6)7/h23-33,38,43-44H,17-22,34-37,39-42H2,1-16H3. The average molecular weight is 863 g/mol. The maximum absolute atomic E-state index is 6.81. The van der Waals surface area contributed by atoms with E-state index in [1.165, 1.54) is 44.5 Å². The van der Waals surface area contributed by atoms with Crippen LogP contribution in [0.25, 0.3) is 29.4 Å². The van der Waals surface area contributed by atoms with Crippen molar-refractivity contribution in [1.29, 1.82) is 0 Å². The molecule has 0 amide bonds. The molecule has 0 aromatic heterocycles. The van der Waals surface area contributed by atoms with Crippen molar-refractivity contribution in [2.45, 2.75) is 207 Å². The minimum Gasteiger partial charge on any atom is -0.378 e. The zero-order valence-corrected chi connectivity index (χ0v) is 43.1. The van der Waals surface area contributed by atoms with E-state index in [9.17, 15) is 0 Å². The zero-order valence-electron chi connectivity index (χ0n) is 43.1. The minimum atomic E-state index is -0.206. The SMILES string of the molecule is CCC(C)(CCOC(C)(CC)CCCC1(CCCC(C)(CC)OCCC(C)(CC)OC)c2cc(C=Cc3ccc(C(C)(C)C)cc3)ccc2-c2ccc(C=CC(C)(C)C)cc21)OC. The Kier molecular flexibility index (Phi) is 18.4. The molecule has 0 heterocycles. The van der Waals surface area contributed by atoms with Crippen LogP contribution >= 0.6 is 0 Å². The molecule has 63 heavy (non-hydrogen) atoms. The topological polar surface area (TPSA) is 36.9 Å². The Morgan fingerprint density at radius 2 is 0.873 bits per heavy atom. The normalized spacial score (nSPS) is 19.4. The van der Waals surface area contributed by atoms with Crippen molar-refractivity contribution < 1.29 is 18.9 Å². The number of hydrogen-bond donors (Lipinski definition) is 0. The number of allylic oxidation sites excluding steroid dienone is 1. The first-order valence-electron chi connectivity index (χ1n) is 24.7. The molecule has 4 nitrogen and oxygen atoms in total. The van der Waals surface area contributed by atoms with Crippen LogP contribution in [-0.2, 0) is 29.8 Å². The van der Waals surface area contributed by atoms with Gasteiger partial charge in [0, 0.05) is 19.6 Å². The largest absolute Gasteiger partial charge is 0.378 e. The molecule has 0 fully saturated rings. The smallest absolute Gasteiger partial charge is 0.0670 e. The number of fused-ring (bicyclic) bond motifs is 3. The minimum absolute atomic E-state index is 0.0955. The zero-order chi connectivity index (χ0) is 46.7. The van der Waals surface area contributed by atoms with Gasteiger partial charge < -0.3 is 18.9 Å². The molecular formula is C59H90O4. The number of ether oxygens (including phenoxy) is 4. The molecule has 3 aromatic carbocycles. The van der Waals surface area contributed by atoms with Crippen molar-refractivity contribution in [3.8, 4) is 11.1 Å². The summed E-state index contributed by atoms with van der Waals surface area (Å²) in [6.07, 6.45) is 21.2. The van der Waals surface area contributed by atoms with Crippen LogP contribution in [0.1, 0.15) is 207 Å². The van der Waals surface area contributed by atoms with Crippen molar-refractivity contribution in [2.75, 3.05) is 27.4 Å². The lowest BCUT2D eigenvalue weighted by Crippen LogP contribution is -2.34. The van der Waals surface area contributed by atoms with Crippen LogP contribution in [0.2, 0.25) is 0 Å². The Labute approximate surface area is 387 Å². The lowest BCUT2D eigenvalue weighted by molar-refractivity contribution is -0.0793. The summed E-state index contributed by atoms with van der Waals surface area (Å²) in [5.74, 6) is 0. The summed E-state index contributed by atoms with van der Waals surface area (Å²) in [4.78, 5) is 0. The van der Waals surface area contributed by atoms with Crippen molar-refractivity contribution in [2.24, 2.45) is 5.41 Å². The predicted molar refractivity (Wildman–Crippen MR) is 273 cm³/mol. The molecule has 0 N–H and O–H groups in total. The van der Waals surface area contributed by atoms with E-state index < -0.39 is 0 Å². The molecule has 4 atom stereocenters. The van der Waals surface area contributed by atoms with Crippen LogP contribution in [0.4, 0.5) is 0 Å². The van der Waals surface area contributed by atoms with Crippen molar-refractivity contribution in [3.05, 3.63) is 100 Å². The van der Waals surface area contributed by atoms with Gasteiger partial charge in [0.05, 0.1) is 35.6 Å². The summed E-state index contributed by atoms with van der Waals surface area (Å²) in [7, 11) is 3.65. The van der Waals surface area contributed by atoms with Crippen molar-refractivity contribution >= 4 is 18.2 Å². The summed E-state index contributed by atoms with van der Waals surface area (Å²) >= 11 is 0. The summed E-state index contributed by atoms with van der Waals surface area (Å²) in [6.45, 7) is 33.1. The van der Waals surface area contributed by atoms with Gasteiger partial charge in [-0.2, -0.15) is 0 Å². The molecule has 4 unspecified atom stereocenters. The van der Waals surface area contributed by atoms with Gasteiger partial charge in [0.1, 0.15) is 0 Å². The molecule has 3 aromatic rings. The lowest BCUT2D eigenvalue weighted by atomic mass is 9.69. The Morgan fingerprint density at radius 3 is 1.25 bits per heavy atom. The molecule has 0 aliphatic heterocycles. The first-order chi connectivity index (χ1) is 29.5. The highest BCUT2D eigenvalue weighted by Gasteiger charge is 2.44. The third-order valence-electron chi connectivity index (χ3n) is 15.2. The van der Waals surface area contributed by atoms with Crippen LogP contribution in [0.5, 0.6) is 0 Å². The molecule has 0 spiro atoms. The highest BCUT2D eigenvalue weighted by Crippen LogP contribution is 2.55. The quantitative estimate of drug-likeness (QED) is 0.0795. The van der Waals surface area contributed by atoms with Crippen LogP contribution in [-0.4, -0.2) is 49.8 Å². The summed E-state index contributed by atoms with van der Waals surface area (Å²) in [5, 5.41) is 0. The fourth-order valence-electron chi connectivity index (χ4n) is 9.14. The number of methoxy groups -OCH3 is 2. The second-order valence-corrected chi connectivity index (χ2v) is 22.1. The van der Waals surface area contributed by atoms with E-state index in [0.717, 1.165) is 77.0 Å². The molecule has 0 bridgehead atoms. The fraction of sp³-hybridized carbons (Fsp3) is 0.627. The average Bonchev–Trinajstić information content (AvgIpc) is 3.52. The fourth-order valence-corrected chi connectivity index (χ4v) is 9.14. The summed E-state index contributed by atoms with van der Waals surface area (Å²) in [5.41, 5.74) is 10.1. The van der Waals surface area contributed by atoms with Crippen molar-refractivity contribution in [3.63, 3.8) is 0 Å². The number of hydrogen-bond acceptors (Lipinski definition) is 4. The number of rotatable bonds is 25. The third kappa shape index (κ3) is 14.2. The lowest BCUT2D eigenvalue weighted by Gasteiger charge is -2.37. The first-order valence-corrected chi connectivity index (χ1v) is 24.7. The Balaban J connectivity index is 1.78. The maximum Gasteiger partial charge on any atom is 0.0670 e. The van der Waals surface area contributed by atoms with E-state index in [1.807, 2.05) is 14.2 Å². The predicted octanol–water partition coefficient (Wildman–Crippen LogP) is 16.6. The van der Waals surface area contributed by atoms with Gasteiger partial charge in [0.25, 0.3) is 0 Å². The van der Waals surface area contributed by atoms with Crippen molar-refractivity contribution in [1.82, 2.24) is 0 Å². The van der Waals surface area contributed by atoms with E-state index >= 15 is 0 Å². The van der Waals surface area contributed by atoms with Gasteiger partial charge >= 0.3 is 0 Å². The Morgan fingerprint density at radius 1 is 0.476 bits per heavy atom. The monoisotopic (exact) mass is 863 g/mol. The molecule has 0 saturated carbocycles. The third-order valence-corrected chi connectivity index (χ3v) is 15.2. The van der Waals surface area contributed by atoms with E-state index in [-0.39, 0.29) is 38.6 Å². The van der Waals surface area contributed by atoms with Crippen LogP contribution in [0.3, 0.4) is 0 Å². The van der Waals surface area contributed by atoms with E-state index in [2.05, 4.69) is 182 Å². The van der Waals surface area contributed by atoms with Gasteiger partial charge in [-0.15, -0.1) is 0 Å². The van der Waals surface area contributed by atoms with Gasteiger partial charge in [0.2, 0.25) is 0 Å². The molecular weight excluding hydrogens is 773 g/mol. The van der Waals surface area contributed by atoms with E-state index in [4.69, 9.17) is 18.9 Å². The maximum atomic E-state index is 6.81. The van der Waals surface area contributed by atoms with Crippen LogP contribution < -0.4 is 0 Å². The van der Waals surface area contributed by atoms with Gasteiger partial charge in [0.15, 0.2) is 0 Å². The highest BCUT2D eigenvalue weighted by atomic mass is 16.5. The van der Waals surface area contributed by atoms with E-state index in [1.54, 1.807) is 0 Å². The van der Waals surface area contributed by atoms with Gasteiger partial charge in [-0.3, -0.25) is 0 Å². The first kappa shape index (κ1) is 52.6. The highest BCUT2D eigenvalue weighted by molar-refractivity contribution is 5.84. The van der Waals surface area contributed by atoms with Gasteiger partial charge in [-0.1, -0.05) is 154 Å². The molecule has 350 valence electrons. The number of benzene rings is 3. The second-order valence-electron chi connectivity index (χ2n) is 22.1. The molecule has 1 aliphatic rings. The Hall–Kier alpha value is -3.02. The Bertz CT molecular complexity index is 1880. The molecule has 0 radical (unpaired) electrons. The van der Waals surface area contributed by atoms with Gasteiger partial charge in [-0.25, -0.2) is 0 Å². The summed E-state index contributed by atoms with van der Waals surface area (Å²) < 4.78 is 25.4. The molecule has 4 heteroatoms. The van der Waals surface area contributed by atoms with Gasteiger partial charge in [-0.05, 0) is 160 Å².